The highest BCUT2D eigenvalue weighted by Gasteiger charge is 2.33. The van der Waals surface area contributed by atoms with E-state index >= 15 is 0 Å². The van der Waals surface area contributed by atoms with Gasteiger partial charge in [-0.25, -0.2) is 8.78 Å². The number of alkyl halides is 3. The van der Waals surface area contributed by atoms with E-state index in [0.717, 1.165) is 5.56 Å². The van der Waals surface area contributed by atoms with Gasteiger partial charge in [0.05, 0.1) is 5.56 Å². The van der Waals surface area contributed by atoms with Gasteiger partial charge in [0, 0.05) is 31.7 Å². The topological polar surface area (TPSA) is 32.8 Å². The van der Waals surface area contributed by atoms with Crippen LogP contribution in [0.4, 0.5) is 22.0 Å². The Hall–Kier alpha value is -2.68. The van der Waals surface area contributed by atoms with E-state index in [1.54, 1.807) is 17.0 Å². The molecule has 168 valence electrons. The molecule has 2 aromatic carbocycles. The van der Waals surface area contributed by atoms with Crippen LogP contribution in [-0.2, 0) is 17.5 Å². The van der Waals surface area contributed by atoms with Crippen molar-refractivity contribution in [2.24, 2.45) is 0 Å². The number of rotatable bonds is 5. The number of ether oxygens (including phenoxy) is 1. The summed E-state index contributed by atoms with van der Waals surface area (Å²) < 4.78 is 70.5. The molecule has 0 N–H and O–H groups in total. The Labute approximate surface area is 177 Å². The number of benzene rings is 2. The first-order valence-corrected chi connectivity index (χ1v) is 9.82. The molecule has 1 fully saturated rings. The van der Waals surface area contributed by atoms with E-state index < -0.39 is 35.8 Å². The molecule has 2 atom stereocenters. The summed E-state index contributed by atoms with van der Waals surface area (Å²) in [4.78, 5) is 16.4. The number of carbonyl (C=O) groups is 1. The number of piperazine rings is 1. The molecule has 0 saturated carbocycles. The largest absolute Gasteiger partial charge is 0.481 e. The number of hydrogen-bond donors (Lipinski definition) is 0. The van der Waals surface area contributed by atoms with Crippen LogP contribution in [0.3, 0.4) is 0 Å². The minimum Gasteiger partial charge on any atom is -0.481 e. The Morgan fingerprint density at radius 1 is 1.03 bits per heavy atom. The molecule has 0 radical (unpaired) electrons. The number of nitrogens with zero attached hydrogens (tertiary/aromatic N) is 2. The van der Waals surface area contributed by atoms with E-state index in [9.17, 15) is 26.7 Å². The van der Waals surface area contributed by atoms with Gasteiger partial charge in [-0.1, -0.05) is 12.1 Å². The van der Waals surface area contributed by atoms with Gasteiger partial charge in [-0.2, -0.15) is 13.2 Å². The van der Waals surface area contributed by atoms with Gasteiger partial charge in [-0.3, -0.25) is 9.69 Å². The van der Waals surface area contributed by atoms with Gasteiger partial charge >= 0.3 is 6.18 Å². The zero-order valence-corrected chi connectivity index (χ0v) is 17.1. The first-order valence-electron chi connectivity index (χ1n) is 9.82. The molecule has 3 rings (SSSR count). The van der Waals surface area contributed by atoms with Crippen molar-refractivity contribution >= 4 is 5.91 Å². The molecule has 1 amide bonds. The fourth-order valence-electron chi connectivity index (χ4n) is 3.60. The van der Waals surface area contributed by atoms with Crippen molar-refractivity contribution in [1.29, 1.82) is 0 Å². The van der Waals surface area contributed by atoms with Crippen LogP contribution in [0, 0.1) is 11.6 Å². The zero-order valence-electron chi connectivity index (χ0n) is 17.1. The van der Waals surface area contributed by atoms with Crippen LogP contribution in [0.25, 0.3) is 0 Å². The summed E-state index contributed by atoms with van der Waals surface area (Å²) in [6, 6.07) is 7.87. The Morgan fingerprint density at radius 3 is 2.35 bits per heavy atom. The maximum atomic E-state index is 13.8. The van der Waals surface area contributed by atoms with Crippen molar-refractivity contribution in [3.63, 3.8) is 0 Å². The third kappa shape index (κ3) is 5.72. The fourth-order valence-corrected chi connectivity index (χ4v) is 3.60. The van der Waals surface area contributed by atoms with Crippen LogP contribution in [0.15, 0.2) is 42.5 Å². The normalized spacial score (nSPS) is 20.0. The molecule has 1 aliphatic heterocycles. The maximum absolute atomic E-state index is 13.8. The highest BCUT2D eigenvalue weighted by atomic mass is 19.4. The SMILES string of the molecule is C[C@@H]1CN(C(=O)COc2cc(C(F)(F)F)ccc2F)[C@@H](C)CN1Cc1ccc(F)cc1. The van der Waals surface area contributed by atoms with E-state index in [1.807, 2.05) is 13.8 Å². The molecule has 0 aliphatic carbocycles. The average molecular weight is 442 g/mol. The fraction of sp³-hybridized carbons (Fsp3) is 0.409. The van der Waals surface area contributed by atoms with Crippen molar-refractivity contribution in [2.75, 3.05) is 19.7 Å². The highest BCUT2D eigenvalue weighted by molar-refractivity contribution is 5.78. The first kappa shape index (κ1) is 23.0. The highest BCUT2D eigenvalue weighted by Crippen LogP contribution is 2.32. The smallest absolute Gasteiger partial charge is 0.416 e. The van der Waals surface area contributed by atoms with Crippen LogP contribution >= 0.6 is 0 Å². The lowest BCUT2D eigenvalue weighted by Gasteiger charge is -2.44. The molecular formula is C22H23F5N2O2. The maximum Gasteiger partial charge on any atom is 0.416 e. The quantitative estimate of drug-likeness (QED) is 0.640. The molecular weight excluding hydrogens is 419 g/mol. The predicted octanol–water partition coefficient (Wildman–Crippen LogP) is 4.48. The molecule has 1 saturated heterocycles. The monoisotopic (exact) mass is 442 g/mol. The Balaban J connectivity index is 1.60. The molecule has 4 nitrogen and oxygen atoms in total. The van der Waals surface area contributed by atoms with E-state index in [-0.39, 0.29) is 17.9 Å². The second kappa shape index (κ2) is 9.21. The van der Waals surface area contributed by atoms with Gasteiger partial charge < -0.3 is 9.64 Å². The van der Waals surface area contributed by atoms with Crippen LogP contribution in [-0.4, -0.2) is 47.5 Å². The van der Waals surface area contributed by atoms with Crippen molar-refractivity contribution < 1.29 is 31.5 Å². The number of hydrogen-bond acceptors (Lipinski definition) is 3. The summed E-state index contributed by atoms with van der Waals surface area (Å²) in [5.74, 6) is -2.32. The van der Waals surface area contributed by atoms with E-state index in [2.05, 4.69) is 4.90 Å². The standard InChI is InChI=1S/C22H23F5N2O2/c1-14-11-29(15(2)10-28(14)12-16-3-6-18(23)7-4-16)21(30)13-31-20-9-17(22(25,26)27)5-8-19(20)24/h3-9,14-15H,10-13H2,1-2H3/t14-,15+/m1/s1. The first-order chi connectivity index (χ1) is 14.5. The van der Waals surface area contributed by atoms with Crippen molar-refractivity contribution in [2.45, 2.75) is 38.7 Å². The number of amides is 1. The van der Waals surface area contributed by atoms with Gasteiger partial charge in [0.25, 0.3) is 5.91 Å². The molecule has 1 heterocycles. The Kier molecular flexibility index (Phi) is 6.83. The average Bonchev–Trinajstić information content (AvgIpc) is 2.70. The molecule has 9 heteroatoms. The van der Waals surface area contributed by atoms with E-state index in [0.29, 0.717) is 37.8 Å². The van der Waals surface area contributed by atoms with Gasteiger partial charge in [0.15, 0.2) is 18.2 Å². The molecule has 1 aliphatic rings. The summed E-state index contributed by atoms with van der Waals surface area (Å²) in [6.45, 7) is 4.78. The molecule has 31 heavy (non-hydrogen) atoms. The zero-order chi connectivity index (χ0) is 22.8. The minimum atomic E-state index is -4.64. The molecule has 2 aromatic rings. The van der Waals surface area contributed by atoms with E-state index in [4.69, 9.17) is 4.74 Å². The summed E-state index contributed by atoms with van der Waals surface area (Å²) in [6.07, 6.45) is -4.64. The van der Waals surface area contributed by atoms with Crippen LogP contribution in [0.2, 0.25) is 0 Å². The van der Waals surface area contributed by atoms with E-state index in [1.165, 1.54) is 12.1 Å². The molecule has 0 unspecified atom stereocenters. The van der Waals surface area contributed by atoms with Gasteiger partial charge in [0.1, 0.15) is 5.82 Å². The summed E-state index contributed by atoms with van der Waals surface area (Å²) in [5, 5.41) is 0. The molecule has 0 spiro atoms. The van der Waals surface area contributed by atoms with Crippen LogP contribution in [0.5, 0.6) is 5.75 Å². The van der Waals surface area contributed by atoms with Crippen LogP contribution in [0.1, 0.15) is 25.0 Å². The lowest BCUT2D eigenvalue weighted by Crippen LogP contribution is -2.58. The Morgan fingerprint density at radius 2 is 1.71 bits per heavy atom. The van der Waals surface area contributed by atoms with Gasteiger partial charge in [-0.05, 0) is 49.7 Å². The second-order valence-electron chi connectivity index (χ2n) is 7.73. The van der Waals surface area contributed by atoms with Crippen molar-refractivity contribution in [3.05, 3.63) is 65.2 Å². The predicted molar refractivity (Wildman–Crippen MR) is 104 cm³/mol. The molecule has 0 aromatic heterocycles. The molecule has 0 bridgehead atoms. The minimum absolute atomic E-state index is 0.00417. The summed E-state index contributed by atoms with van der Waals surface area (Å²) in [5.41, 5.74) is -0.101. The van der Waals surface area contributed by atoms with Crippen LogP contribution < -0.4 is 4.74 Å². The number of halogens is 5. The lowest BCUT2D eigenvalue weighted by atomic mass is 10.1. The Bertz CT molecular complexity index is 917. The third-order valence-electron chi connectivity index (χ3n) is 5.34. The lowest BCUT2D eigenvalue weighted by molar-refractivity contribution is -0.139. The number of carbonyl (C=O) groups excluding carboxylic acids is 1. The van der Waals surface area contributed by atoms with Gasteiger partial charge in [-0.15, -0.1) is 0 Å². The third-order valence-corrected chi connectivity index (χ3v) is 5.34. The van der Waals surface area contributed by atoms with Crippen molar-refractivity contribution in [3.8, 4) is 5.75 Å². The van der Waals surface area contributed by atoms with Gasteiger partial charge in [0.2, 0.25) is 0 Å². The van der Waals surface area contributed by atoms with Crippen molar-refractivity contribution in [1.82, 2.24) is 9.80 Å². The summed E-state index contributed by atoms with van der Waals surface area (Å²) in [7, 11) is 0. The summed E-state index contributed by atoms with van der Waals surface area (Å²) >= 11 is 0. The second-order valence-corrected chi connectivity index (χ2v) is 7.73.